The number of nitrogens with one attached hydrogen (secondary N) is 1. The van der Waals surface area contributed by atoms with Crippen molar-refractivity contribution in [3.05, 3.63) is 48.0 Å². The molecule has 2 aromatic carbocycles. The minimum absolute atomic E-state index is 0.0463. The van der Waals surface area contributed by atoms with E-state index in [1.54, 1.807) is 37.1 Å². The summed E-state index contributed by atoms with van der Waals surface area (Å²) in [6.45, 7) is 2.66. The lowest BCUT2D eigenvalue weighted by atomic mass is 10.1. The Morgan fingerprint density at radius 1 is 1.12 bits per heavy atom. The molecule has 2 heterocycles. The number of benzene rings is 2. The zero-order chi connectivity index (χ0) is 22.9. The number of hydrogen-bond acceptors (Lipinski definition) is 6. The summed E-state index contributed by atoms with van der Waals surface area (Å²) < 4.78 is 38.2. The van der Waals surface area contributed by atoms with Crippen molar-refractivity contribution < 1.29 is 27.5 Å². The first kappa shape index (κ1) is 22.1. The molecule has 10 heteroatoms. The minimum Gasteiger partial charge on any atom is -0.497 e. The van der Waals surface area contributed by atoms with Crippen LogP contribution in [0.3, 0.4) is 0 Å². The van der Waals surface area contributed by atoms with Crippen LogP contribution in [0, 0.1) is 0 Å². The molecule has 2 amide bonds. The van der Waals surface area contributed by atoms with Crippen molar-refractivity contribution in [3.63, 3.8) is 0 Å². The van der Waals surface area contributed by atoms with Crippen LogP contribution >= 0.6 is 0 Å². The second kappa shape index (κ2) is 8.79. The van der Waals surface area contributed by atoms with E-state index in [1.165, 1.54) is 16.4 Å². The zero-order valence-corrected chi connectivity index (χ0v) is 18.7. The van der Waals surface area contributed by atoms with Gasteiger partial charge in [0.2, 0.25) is 15.9 Å². The van der Waals surface area contributed by atoms with Gasteiger partial charge in [-0.25, -0.2) is 8.42 Å². The summed E-state index contributed by atoms with van der Waals surface area (Å²) in [4.78, 5) is 26.2. The van der Waals surface area contributed by atoms with Gasteiger partial charge >= 0.3 is 0 Å². The van der Waals surface area contributed by atoms with Gasteiger partial charge in [-0.05, 0) is 42.8 Å². The standard InChI is InChI=1S/C22H25N3O6S/c1-15-22(27)23-19-14-18(7-8-20(19)31-15)32(28,29)25-11-9-24(10-12-25)21(26)13-16-3-5-17(30-2)6-4-16/h3-8,14-15H,9-13H2,1-2H3,(H,23,27)/t15-/m0/s1. The van der Waals surface area contributed by atoms with E-state index >= 15 is 0 Å². The third-order valence-corrected chi connectivity index (χ3v) is 7.52. The maximum Gasteiger partial charge on any atom is 0.265 e. The van der Waals surface area contributed by atoms with E-state index in [2.05, 4.69) is 5.32 Å². The highest BCUT2D eigenvalue weighted by atomic mass is 32.2. The van der Waals surface area contributed by atoms with E-state index in [9.17, 15) is 18.0 Å². The fourth-order valence-corrected chi connectivity index (χ4v) is 5.15. The average molecular weight is 460 g/mol. The Kier molecular flexibility index (Phi) is 6.07. The molecule has 1 saturated heterocycles. The van der Waals surface area contributed by atoms with Gasteiger partial charge in [0.05, 0.1) is 24.1 Å². The van der Waals surface area contributed by atoms with Gasteiger partial charge < -0.3 is 19.7 Å². The van der Waals surface area contributed by atoms with Gasteiger partial charge in [0.15, 0.2) is 6.10 Å². The van der Waals surface area contributed by atoms with E-state index < -0.39 is 16.1 Å². The topological polar surface area (TPSA) is 105 Å². The molecule has 0 unspecified atom stereocenters. The molecule has 0 spiro atoms. The summed E-state index contributed by atoms with van der Waals surface area (Å²) in [6, 6.07) is 11.7. The summed E-state index contributed by atoms with van der Waals surface area (Å²) >= 11 is 0. The van der Waals surface area contributed by atoms with Crippen molar-refractivity contribution in [3.8, 4) is 11.5 Å². The molecule has 2 aromatic rings. The lowest BCUT2D eigenvalue weighted by molar-refractivity contribution is -0.131. The highest BCUT2D eigenvalue weighted by Gasteiger charge is 2.32. The molecule has 0 saturated carbocycles. The summed E-state index contributed by atoms with van der Waals surface area (Å²) in [5, 5.41) is 2.67. The first-order valence-corrected chi connectivity index (χ1v) is 11.7. The van der Waals surface area contributed by atoms with Gasteiger partial charge in [0.25, 0.3) is 5.91 Å². The van der Waals surface area contributed by atoms with Crippen molar-refractivity contribution >= 4 is 27.5 Å². The number of hydrogen-bond donors (Lipinski definition) is 1. The normalized spacial score (nSPS) is 19.0. The van der Waals surface area contributed by atoms with Crippen molar-refractivity contribution in [2.75, 3.05) is 38.6 Å². The van der Waals surface area contributed by atoms with Crippen LogP contribution in [-0.4, -0.2) is 68.8 Å². The lowest BCUT2D eigenvalue weighted by Gasteiger charge is -2.34. The second-order valence-corrected chi connectivity index (χ2v) is 9.65. The number of sulfonamides is 1. The molecule has 32 heavy (non-hydrogen) atoms. The fraction of sp³-hybridized carbons (Fsp3) is 0.364. The Labute approximate surface area is 187 Å². The van der Waals surface area contributed by atoms with E-state index in [-0.39, 0.29) is 36.2 Å². The van der Waals surface area contributed by atoms with Crippen LogP contribution < -0.4 is 14.8 Å². The van der Waals surface area contributed by atoms with E-state index in [0.717, 1.165) is 11.3 Å². The van der Waals surface area contributed by atoms with Crippen LogP contribution in [0.5, 0.6) is 11.5 Å². The van der Waals surface area contributed by atoms with Crippen molar-refractivity contribution in [2.24, 2.45) is 0 Å². The third kappa shape index (κ3) is 4.42. The molecule has 0 aromatic heterocycles. The van der Waals surface area contributed by atoms with E-state index in [1.807, 2.05) is 12.1 Å². The van der Waals surface area contributed by atoms with E-state index in [0.29, 0.717) is 24.5 Å². The zero-order valence-electron chi connectivity index (χ0n) is 17.9. The molecule has 9 nitrogen and oxygen atoms in total. The Balaban J connectivity index is 1.39. The van der Waals surface area contributed by atoms with E-state index in [4.69, 9.17) is 9.47 Å². The molecule has 170 valence electrons. The molecule has 4 rings (SSSR count). The molecule has 0 bridgehead atoms. The monoisotopic (exact) mass is 459 g/mol. The predicted molar refractivity (Wildman–Crippen MR) is 117 cm³/mol. The molecule has 2 aliphatic rings. The first-order valence-electron chi connectivity index (χ1n) is 10.3. The van der Waals surface area contributed by atoms with Gasteiger partial charge in [0.1, 0.15) is 11.5 Å². The molecule has 1 fully saturated rings. The molecule has 1 N–H and O–H groups in total. The van der Waals surface area contributed by atoms with Gasteiger partial charge in [-0.1, -0.05) is 12.1 Å². The summed E-state index contributed by atoms with van der Waals surface area (Å²) in [7, 11) is -2.18. The van der Waals surface area contributed by atoms with Crippen LogP contribution in [0.15, 0.2) is 47.4 Å². The Hall–Kier alpha value is -3.11. The first-order chi connectivity index (χ1) is 15.3. The fourth-order valence-electron chi connectivity index (χ4n) is 3.71. The van der Waals surface area contributed by atoms with Crippen molar-refractivity contribution in [1.29, 1.82) is 0 Å². The Bertz CT molecular complexity index is 1120. The number of carbonyl (C=O) groups excluding carboxylic acids is 2. The number of amides is 2. The summed E-state index contributed by atoms with van der Waals surface area (Å²) in [6.07, 6.45) is -0.381. The van der Waals surface area contributed by atoms with Crippen LogP contribution in [0.25, 0.3) is 0 Å². The summed E-state index contributed by atoms with van der Waals surface area (Å²) in [5.41, 5.74) is 1.21. The van der Waals surface area contributed by atoms with Gasteiger partial charge in [-0.15, -0.1) is 0 Å². The highest BCUT2D eigenvalue weighted by molar-refractivity contribution is 7.89. The van der Waals surface area contributed by atoms with Gasteiger partial charge in [-0.2, -0.15) is 4.31 Å². The SMILES string of the molecule is COc1ccc(CC(=O)N2CCN(S(=O)(=O)c3ccc4c(c3)NC(=O)[C@H](C)O4)CC2)cc1. The molecule has 0 aliphatic carbocycles. The number of ether oxygens (including phenoxy) is 2. The number of carbonyl (C=O) groups is 2. The Morgan fingerprint density at radius 3 is 2.47 bits per heavy atom. The number of anilines is 1. The highest BCUT2D eigenvalue weighted by Crippen LogP contribution is 2.33. The number of rotatable bonds is 5. The second-order valence-electron chi connectivity index (χ2n) is 7.72. The van der Waals surface area contributed by atoms with Crippen LogP contribution in [0.2, 0.25) is 0 Å². The molecular weight excluding hydrogens is 434 g/mol. The van der Waals surface area contributed by atoms with Crippen LogP contribution in [0.4, 0.5) is 5.69 Å². The number of fused-ring (bicyclic) bond motifs is 1. The molecule has 1 atom stereocenters. The van der Waals surface area contributed by atoms with Crippen molar-refractivity contribution in [2.45, 2.75) is 24.3 Å². The molecule has 0 radical (unpaired) electrons. The Morgan fingerprint density at radius 2 is 1.81 bits per heavy atom. The smallest absolute Gasteiger partial charge is 0.265 e. The quantitative estimate of drug-likeness (QED) is 0.726. The summed E-state index contributed by atoms with van der Waals surface area (Å²) in [5.74, 6) is 0.791. The average Bonchev–Trinajstić information content (AvgIpc) is 2.80. The number of piperazine rings is 1. The molecule has 2 aliphatic heterocycles. The number of nitrogens with zero attached hydrogens (tertiary/aromatic N) is 2. The maximum atomic E-state index is 13.1. The van der Waals surface area contributed by atoms with Crippen molar-refractivity contribution in [1.82, 2.24) is 9.21 Å². The van der Waals surface area contributed by atoms with Crippen LogP contribution in [-0.2, 0) is 26.0 Å². The minimum atomic E-state index is -3.77. The number of methoxy groups -OCH3 is 1. The third-order valence-electron chi connectivity index (χ3n) is 5.63. The van der Waals surface area contributed by atoms with Gasteiger partial charge in [0, 0.05) is 26.2 Å². The van der Waals surface area contributed by atoms with Gasteiger partial charge in [-0.3, -0.25) is 9.59 Å². The molecular formula is C22H25N3O6S. The predicted octanol–water partition coefficient (Wildman–Crippen LogP) is 1.49. The van der Waals surface area contributed by atoms with Crippen LogP contribution in [0.1, 0.15) is 12.5 Å². The largest absolute Gasteiger partial charge is 0.497 e. The lowest BCUT2D eigenvalue weighted by Crippen LogP contribution is -2.50. The maximum absolute atomic E-state index is 13.1.